The lowest BCUT2D eigenvalue weighted by molar-refractivity contribution is -0.143. The Morgan fingerprint density at radius 2 is 2.25 bits per heavy atom. The van der Waals surface area contributed by atoms with Gasteiger partial charge in [0.1, 0.15) is 0 Å². The standard InChI is InChI=1S/C8H14N2O2/c11-6-4-10(5-6)8(12)7-2-1-3-9-7/h6-7,9,11H,1-5H2/t7-/m1/s1. The van der Waals surface area contributed by atoms with Gasteiger partial charge in [0.2, 0.25) is 5.91 Å². The highest BCUT2D eigenvalue weighted by atomic mass is 16.3. The second-order valence-corrected chi connectivity index (χ2v) is 3.55. The summed E-state index contributed by atoms with van der Waals surface area (Å²) in [5.41, 5.74) is 0. The van der Waals surface area contributed by atoms with Crippen LogP contribution in [-0.4, -0.2) is 47.7 Å². The minimum absolute atomic E-state index is 0.0255. The van der Waals surface area contributed by atoms with Gasteiger partial charge in [-0.1, -0.05) is 0 Å². The van der Waals surface area contributed by atoms with Gasteiger partial charge in [0.25, 0.3) is 0 Å². The summed E-state index contributed by atoms with van der Waals surface area (Å²) in [5, 5.41) is 12.1. The van der Waals surface area contributed by atoms with E-state index in [1.807, 2.05) is 0 Å². The molecule has 12 heavy (non-hydrogen) atoms. The molecule has 2 rings (SSSR count). The maximum absolute atomic E-state index is 11.5. The third-order valence-corrected chi connectivity index (χ3v) is 2.53. The van der Waals surface area contributed by atoms with Crippen molar-refractivity contribution in [1.29, 1.82) is 0 Å². The fraction of sp³-hybridized carbons (Fsp3) is 0.875. The summed E-state index contributed by atoms with van der Waals surface area (Å²) in [7, 11) is 0. The van der Waals surface area contributed by atoms with E-state index < -0.39 is 0 Å². The first-order valence-electron chi connectivity index (χ1n) is 4.47. The van der Waals surface area contributed by atoms with E-state index in [9.17, 15) is 4.79 Å². The SMILES string of the molecule is O=C([C@H]1CCCN1)N1CC(O)C1. The highest BCUT2D eigenvalue weighted by Gasteiger charge is 2.34. The lowest BCUT2D eigenvalue weighted by atomic mass is 10.1. The number of likely N-dealkylation sites (tertiary alicyclic amines) is 1. The third kappa shape index (κ3) is 1.32. The molecule has 0 aromatic rings. The number of aliphatic hydroxyl groups is 1. The summed E-state index contributed by atoms with van der Waals surface area (Å²) in [6.45, 7) is 2.00. The monoisotopic (exact) mass is 170 g/mol. The van der Waals surface area contributed by atoms with Gasteiger partial charge in [-0.25, -0.2) is 0 Å². The fourth-order valence-electron chi connectivity index (χ4n) is 1.75. The summed E-state index contributed by atoms with van der Waals surface area (Å²) in [5.74, 6) is 0.165. The number of aliphatic hydroxyl groups excluding tert-OH is 1. The van der Waals surface area contributed by atoms with Crippen molar-refractivity contribution in [3.8, 4) is 0 Å². The Morgan fingerprint density at radius 3 is 2.75 bits per heavy atom. The van der Waals surface area contributed by atoms with Gasteiger partial charge >= 0.3 is 0 Å². The molecule has 0 spiro atoms. The first kappa shape index (κ1) is 8.01. The minimum Gasteiger partial charge on any atom is -0.389 e. The van der Waals surface area contributed by atoms with Gasteiger partial charge in [0, 0.05) is 13.1 Å². The highest BCUT2D eigenvalue weighted by Crippen LogP contribution is 2.14. The van der Waals surface area contributed by atoms with Gasteiger partial charge in [-0.2, -0.15) is 0 Å². The summed E-state index contributed by atoms with van der Waals surface area (Å²) < 4.78 is 0. The molecule has 2 N–H and O–H groups in total. The van der Waals surface area contributed by atoms with E-state index in [2.05, 4.69) is 5.32 Å². The van der Waals surface area contributed by atoms with Crippen molar-refractivity contribution >= 4 is 5.91 Å². The van der Waals surface area contributed by atoms with Crippen LogP contribution in [0, 0.1) is 0 Å². The van der Waals surface area contributed by atoms with Gasteiger partial charge in [-0.15, -0.1) is 0 Å². The molecular formula is C8H14N2O2. The number of rotatable bonds is 1. The topological polar surface area (TPSA) is 52.6 Å². The maximum atomic E-state index is 11.5. The number of carbonyl (C=O) groups excluding carboxylic acids is 1. The molecule has 0 aliphatic carbocycles. The van der Waals surface area contributed by atoms with Crippen LogP contribution >= 0.6 is 0 Å². The van der Waals surface area contributed by atoms with Gasteiger partial charge < -0.3 is 15.3 Å². The molecule has 0 bridgehead atoms. The molecule has 0 radical (unpaired) electrons. The van der Waals surface area contributed by atoms with Crippen LogP contribution < -0.4 is 5.32 Å². The molecule has 2 heterocycles. The van der Waals surface area contributed by atoms with E-state index in [4.69, 9.17) is 5.11 Å². The van der Waals surface area contributed by atoms with Crippen molar-refractivity contribution in [1.82, 2.24) is 10.2 Å². The molecule has 4 heteroatoms. The van der Waals surface area contributed by atoms with Crippen LogP contribution in [0.15, 0.2) is 0 Å². The Kier molecular flexibility index (Phi) is 2.02. The molecule has 0 unspecified atom stereocenters. The Hall–Kier alpha value is -0.610. The van der Waals surface area contributed by atoms with Crippen LogP contribution in [-0.2, 0) is 4.79 Å². The average Bonchev–Trinajstić information content (AvgIpc) is 2.49. The van der Waals surface area contributed by atoms with E-state index in [0.717, 1.165) is 19.4 Å². The van der Waals surface area contributed by atoms with Crippen molar-refractivity contribution in [3.63, 3.8) is 0 Å². The van der Waals surface area contributed by atoms with Crippen LogP contribution in [0.1, 0.15) is 12.8 Å². The maximum Gasteiger partial charge on any atom is 0.239 e. The van der Waals surface area contributed by atoms with Gasteiger partial charge in [0.15, 0.2) is 0 Å². The van der Waals surface area contributed by atoms with Crippen molar-refractivity contribution in [3.05, 3.63) is 0 Å². The average molecular weight is 170 g/mol. The van der Waals surface area contributed by atoms with Gasteiger partial charge in [-0.3, -0.25) is 4.79 Å². The molecule has 4 nitrogen and oxygen atoms in total. The van der Waals surface area contributed by atoms with Crippen molar-refractivity contribution in [2.24, 2.45) is 0 Å². The molecule has 2 aliphatic heterocycles. The lowest BCUT2D eigenvalue weighted by Crippen LogP contribution is -2.57. The van der Waals surface area contributed by atoms with Crippen LogP contribution in [0.4, 0.5) is 0 Å². The molecule has 2 fully saturated rings. The highest BCUT2D eigenvalue weighted by molar-refractivity contribution is 5.83. The number of amides is 1. The second kappa shape index (κ2) is 3.03. The number of β-amino-alcohol motifs (C(OH)–C–C–N with tert-alkyl or cyclic N) is 1. The van der Waals surface area contributed by atoms with Crippen molar-refractivity contribution in [2.75, 3.05) is 19.6 Å². The van der Waals surface area contributed by atoms with E-state index in [0.29, 0.717) is 13.1 Å². The molecule has 0 aromatic heterocycles. The molecule has 1 amide bonds. The van der Waals surface area contributed by atoms with Crippen molar-refractivity contribution in [2.45, 2.75) is 25.0 Å². The first-order chi connectivity index (χ1) is 5.77. The number of nitrogens with one attached hydrogen (secondary N) is 1. The third-order valence-electron chi connectivity index (χ3n) is 2.53. The number of carbonyl (C=O) groups is 1. The Morgan fingerprint density at radius 1 is 1.50 bits per heavy atom. The molecule has 1 atom stereocenters. The normalized spacial score (nSPS) is 30.4. The Balaban J connectivity index is 1.83. The molecule has 2 saturated heterocycles. The Bertz CT molecular complexity index is 183. The van der Waals surface area contributed by atoms with Crippen molar-refractivity contribution < 1.29 is 9.90 Å². The molecule has 68 valence electrons. The van der Waals surface area contributed by atoms with E-state index in [-0.39, 0.29) is 18.1 Å². The number of nitrogens with zero attached hydrogens (tertiary/aromatic N) is 1. The predicted octanol–water partition coefficient (Wildman–Crippen LogP) is -1.06. The van der Waals surface area contributed by atoms with Crippen LogP contribution in [0.5, 0.6) is 0 Å². The van der Waals surface area contributed by atoms with Crippen LogP contribution in [0.25, 0.3) is 0 Å². The zero-order valence-corrected chi connectivity index (χ0v) is 6.99. The van der Waals surface area contributed by atoms with Gasteiger partial charge in [0.05, 0.1) is 12.1 Å². The second-order valence-electron chi connectivity index (χ2n) is 3.55. The minimum atomic E-state index is -0.282. The lowest BCUT2D eigenvalue weighted by Gasteiger charge is -2.37. The number of hydrogen-bond acceptors (Lipinski definition) is 3. The fourth-order valence-corrected chi connectivity index (χ4v) is 1.75. The van der Waals surface area contributed by atoms with E-state index in [1.54, 1.807) is 4.90 Å². The van der Waals surface area contributed by atoms with Gasteiger partial charge in [-0.05, 0) is 19.4 Å². The first-order valence-corrected chi connectivity index (χ1v) is 4.47. The summed E-state index contributed by atoms with van der Waals surface area (Å²) in [6.07, 6.45) is 1.76. The predicted molar refractivity (Wildman–Crippen MR) is 43.6 cm³/mol. The molecule has 0 aromatic carbocycles. The van der Waals surface area contributed by atoms with Crippen LogP contribution in [0.2, 0.25) is 0 Å². The zero-order valence-electron chi connectivity index (χ0n) is 6.99. The summed E-state index contributed by atoms with van der Waals surface area (Å²) in [6, 6.07) is 0.0255. The molecule has 0 saturated carbocycles. The smallest absolute Gasteiger partial charge is 0.239 e. The largest absolute Gasteiger partial charge is 0.389 e. The van der Waals surface area contributed by atoms with E-state index in [1.165, 1.54) is 0 Å². The zero-order chi connectivity index (χ0) is 8.55. The summed E-state index contributed by atoms with van der Waals surface area (Å²) in [4.78, 5) is 13.2. The summed E-state index contributed by atoms with van der Waals surface area (Å²) >= 11 is 0. The van der Waals surface area contributed by atoms with Crippen LogP contribution in [0.3, 0.4) is 0 Å². The Labute approximate surface area is 71.5 Å². The molecular weight excluding hydrogens is 156 g/mol. The molecule has 2 aliphatic rings. The number of hydrogen-bond donors (Lipinski definition) is 2. The quantitative estimate of drug-likeness (QED) is 0.527. The van der Waals surface area contributed by atoms with E-state index >= 15 is 0 Å².